The number of likely N-dealkylation sites (tertiary alicyclic amines) is 1. The summed E-state index contributed by atoms with van der Waals surface area (Å²) in [5.41, 5.74) is -0.102. The lowest BCUT2D eigenvalue weighted by atomic mass is 9.80. The van der Waals surface area contributed by atoms with Gasteiger partial charge in [0.15, 0.2) is 0 Å². The molecule has 1 heterocycles. The van der Waals surface area contributed by atoms with Gasteiger partial charge in [0.2, 0.25) is 0 Å². The molecule has 1 aliphatic heterocycles. The second kappa shape index (κ2) is 5.04. The number of nitrogens with zero attached hydrogens (tertiary/aromatic N) is 1. The van der Waals surface area contributed by atoms with Crippen LogP contribution in [0.2, 0.25) is 0 Å². The topological polar surface area (TPSA) is 49.8 Å². The molecule has 0 aromatic heterocycles. The molecule has 1 fully saturated rings. The van der Waals surface area contributed by atoms with E-state index in [-0.39, 0.29) is 11.5 Å². The van der Waals surface area contributed by atoms with Gasteiger partial charge in [-0.25, -0.2) is 4.79 Å². The summed E-state index contributed by atoms with van der Waals surface area (Å²) in [6, 6.07) is 0. The fraction of sp³-hybridized carbons (Fsp3) is 0.917. The van der Waals surface area contributed by atoms with E-state index in [9.17, 15) is 9.90 Å². The van der Waals surface area contributed by atoms with Crippen molar-refractivity contribution in [3.8, 4) is 0 Å². The fourth-order valence-corrected chi connectivity index (χ4v) is 1.63. The van der Waals surface area contributed by atoms with Crippen molar-refractivity contribution in [2.45, 2.75) is 40.2 Å². The van der Waals surface area contributed by atoms with Crippen molar-refractivity contribution in [3.05, 3.63) is 0 Å². The van der Waals surface area contributed by atoms with E-state index in [1.807, 2.05) is 27.7 Å². The Morgan fingerprint density at radius 1 is 1.56 bits per heavy atom. The highest BCUT2D eigenvalue weighted by Gasteiger charge is 2.36. The van der Waals surface area contributed by atoms with Gasteiger partial charge in [-0.15, -0.1) is 0 Å². The first-order chi connectivity index (χ1) is 7.33. The molecule has 0 aromatic carbocycles. The Labute approximate surface area is 97.6 Å². The van der Waals surface area contributed by atoms with Crippen LogP contribution in [-0.4, -0.2) is 41.9 Å². The third-order valence-corrected chi connectivity index (χ3v) is 3.12. The minimum atomic E-state index is -0.465. The standard InChI is InChI=1S/C12H23NO3/c1-9(2)8-16-11(15)13-6-5-12(3,4)10(14)7-13/h9-10,14H,5-8H2,1-4H3. The lowest BCUT2D eigenvalue weighted by Crippen LogP contribution is -2.50. The smallest absolute Gasteiger partial charge is 0.409 e. The predicted octanol–water partition coefficient (Wildman–Crippen LogP) is 1.87. The van der Waals surface area contributed by atoms with Crippen molar-refractivity contribution < 1.29 is 14.6 Å². The molecule has 0 spiro atoms. The Balaban J connectivity index is 2.42. The molecule has 0 aromatic rings. The summed E-state index contributed by atoms with van der Waals surface area (Å²) in [5, 5.41) is 9.88. The highest BCUT2D eigenvalue weighted by atomic mass is 16.6. The Hall–Kier alpha value is -0.770. The summed E-state index contributed by atoms with van der Waals surface area (Å²) in [5.74, 6) is 0.343. The highest BCUT2D eigenvalue weighted by molar-refractivity contribution is 5.67. The zero-order valence-electron chi connectivity index (χ0n) is 10.7. The van der Waals surface area contributed by atoms with Crippen LogP contribution in [0.1, 0.15) is 34.1 Å². The largest absolute Gasteiger partial charge is 0.449 e. The van der Waals surface area contributed by atoms with Crippen molar-refractivity contribution in [3.63, 3.8) is 0 Å². The van der Waals surface area contributed by atoms with Crippen molar-refractivity contribution >= 4 is 6.09 Å². The van der Waals surface area contributed by atoms with E-state index in [4.69, 9.17) is 4.74 Å². The first-order valence-electron chi connectivity index (χ1n) is 5.92. The van der Waals surface area contributed by atoms with Crippen LogP contribution in [0.15, 0.2) is 0 Å². The number of hydrogen-bond donors (Lipinski definition) is 1. The second-order valence-electron chi connectivity index (χ2n) is 5.67. The summed E-state index contributed by atoms with van der Waals surface area (Å²) < 4.78 is 5.14. The van der Waals surface area contributed by atoms with Crippen LogP contribution in [-0.2, 0) is 4.74 Å². The number of β-amino-alcohol motifs (C(OH)–C–C–N with tert-alkyl or cyclic N) is 1. The molecule has 4 nitrogen and oxygen atoms in total. The second-order valence-corrected chi connectivity index (χ2v) is 5.67. The summed E-state index contributed by atoms with van der Waals surface area (Å²) >= 11 is 0. The summed E-state index contributed by atoms with van der Waals surface area (Å²) in [7, 11) is 0. The SMILES string of the molecule is CC(C)COC(=O)N1CCC(C)(C)C(O)C1. The normalized spacial score (nSPS) is 24.6. The summed E-state index contributed by atoms with van der Waals surface area (Å²) in [4.78, 5) is 13.2. The van der Waals surface area contributed by atoms with E-state index in [0.717, 1.165) is 6.42 Å². The van der Waals surface area contributed by atoms with Gasteiger partial charge in [0.25, 0.3) is 0 Å². The minimum Gasteiger partial charge on any atom is -0.449 e. The number of amides is 1. The lowest BCUT2D eigenvalue weighted by molar-refractivity contribution is -0.0253. The molecule has 1 aliphatic rings. The first kappa shape index (κ1) is 13.3. The Morgan fingerprint density at radius 3 is 2.69 bits per heavy atom. The molecular weight excluding hydrogens is 206 g/mol. The Bertz CT molecular complexity index is 251. The monoisotopic (exact) mass is 229 g/mol. The zero-order valence-corrected chi connectivity index (χ0v) is 10.7. The molecule has 0 bridgehead atoms. The minimum absolute atomic E-state index is 0.102. The number of carbonyl (C=O) groups excluding carboxylic acids is 1. The number of rotatable bonds is 2. The summed E-state index contributed by atoms with van der Waals surface area (Å²) in [6.07, 6.45) is 0.0430. The van der Waals surface area contributed by atoms with E-state index in [0.29, 0.717) is 25.6 Å². The molecule has 1 amide bonds. The van der Waals surface area contributed by atoms with Gasteiger partial charge in [-0.1, -0.05) is 27.7 Å². The zero-order chi connectivity index (χ0) is 12.3. The van der Waals surface area contributed by atoms with Gasteiger partial charge in [0.05, 0.1) is 19.3 Å². The van der Waals surface area contributed by atoms with Crippen LogP contribution in [0.4, 0.5) is 4.79 Å². The molecular formula is C12H23NO3. The molecule has 0 radical (unpaired) electrons. The van der Waals surface area contributed by atoms with Crippen LogP contribution in [0.25, 0.3) is 0 Å². The molecule has 4 heteroatoms. The molecule has 16 heavy (non-hydrogen) atoms. The predicted molar refractivity (Wildman–Crippen MR) is 62.2 cm³/mol. The van der Waals surface area contributed by atoms with Gasteiger partial charge in [-0.3, -0.25) is 0 Å². The molecule has 94 valence electrons. The maximum Gasteiger partial charge on any atom is 0.409 e. The van der Waals surface area contributed by atoms with Crippen molar-refractivity contribution in [2.24, 2.45) is 11.3 Å². The maximum atomic E-state index is 11.7. The number of piperidine rings is 1. The third-order valence-electron chi connectivity index (χ3n) is 3.12. The summed E-state index contributed by atoms with van der Waals surface area (Å²) in [6.45, 7) is 9.53. The molecule has 1 N–H and O–H groups in total. The number of aliphatic hydroxyl groups excluding tert-OH is 1. The van der Waals surface area contributed by atoms with Gasteiger partial charge in [-0.05, 0) is 17.8 Å². The van der Waals surface area contributed by atoms with Gasteiger partial charge in [0, 0.05) is 6.54 Å². The van der Waals surface area contributed by atoms with E-state index in [2.05, 4.69) is 0 Å². The van der Waals surface area contributed by atoms with Crippen molar-refractivity contribution in [1.82, 2.24) is 4.90 Å². The number of ether oxygens (including phenoxy) is 1. The van der Waals surface area contributed by atoms with Crippen LogP contribution < -0.4 is 0 Å². The van der Waals surface area contributed by atoms with E-state index in [1.165, 1.54) is 0 Å². The quantitative estimate of drug-likeness (QED) is 0.786. The third kappa shape index (κ3) is 3.37. The van der Waals surface area contributed by atoms with Crippen LogP contribution in [0.3, 0.4) is 0 Å². The van der Waals surface area contributed by atoms with Crippen LogP contribution >= 0.6 is 0 Å². The molecule has 1 atom stereocenters. The van der Waals surface area contributed by atoms with Gasteiger partial charge in [-0.2, -0.15) is 0 Å². The number of aliphatic hydroxyl groups is 1. The average molecular weight is 229 g/mol. The fourth-order valence-electron chi connectivity index (χ4n) is 1.63. The van der Waals surface area contributed by atoms with Gasteiger partial charge >= 0.3 is 6.09 Å². The molecule has 1 saturated heterocycles. The van der Waals surface area contributed by atoms with E-state index in [1.54, 1.807) is 4.90 Å². The number of carbonyl (C=O) groups is 1. The molecule has 0 saturated carbocycles. The van der Waals surface area contributed by atoms with Crippen molar-refractivity contribution in [1.29, 1.82) is 0 Å². The maximum absolute atomic E-state index is 11.7. The van der Waals surface area contributed by atoms with Crippen LogP contribution in [0.5, 0.6) is 0 Å². The molecule has 1 unspecified atom stereocenters. The van der Waals surface area contributed by atoms with E-state index >= 15 is 0 Å². The Morgan fingerprint density at radius 2 is 2.19 bits per heavy atom. The lowest BCUT2D eigenvalue weighted by Gasteiger charge is -2.40. The van der Waals surface area contributed by atoms with E-state index < -0.39 is 6.10 Å². The highest BCUT2D eigenvalue weighted by Crippen LogP contribution is 2.30. The molecule has 1 rings (SSSR count). The Kier molecular flexibility index (Phi) is 4.19. The first-order valence-corrected chi connectivity index (χ1v) is 5.92. The van der Waals surface area contributed by atoms with Crippen LogP contribution in [0, 0.1) is 11.3 Å². The van der Waals surface area contributed by atoms with Crippen molar-refractivity contribution in [2.75, 3.05) is 19.7 Å². The van der Waals surface area contributed by atoms with Gasteiger partial charge in [0.1, 0.15) is 0 Å². The number of hydrogen-bond acceptors (Lipinski definition) is 3. The van der Waals surface area contributed by atoms with Gasteiger partial charge < -0.3 is 14.7 Å². The average Bonchev–Trinajstić information content (AvgIpc) is 2.18. The molecule has 0 aliphatic carbocycles.